The minimum atomic E-state index is -3.57. The predicted octanol–water partition coefficient (Wildman–Crippen LogP) is 2.80. The van der Waals surface area contributed by atoms with E-state index < -0.39 is 10.0 Å². The van der Waals surface area contributed by atoms with E-state index >= 15 is 0 Å². The maximum Gasteiger partial charge on any atom is 0.254 e. The Morgan fingerprint density at radius 3 is 2.50 bits per heavy atom. The molecule has 2 aliphatic heterocycles. The average Bonchev–Trinajstić information content (AvgIpc) is 3.47. The van der Waals surface area contributed by atoms with Crippen molar-refractivity contribution < 1.29 is 17.6 Å². The molecule has 0 aliphatic carbocycles. The number of carbonyl (C=O) groups excluding carboxylic acids is 1. The molecule has 1 amide bonds. The molecule has 3 heterocycles. The van der Waals surface area contributed by atoms with E-state index in [4.69, 9.17) is 4.42 Å². The first kappa shape index (κ1) is 21.1. The van der Waals surface area contributed by atoms with Crippen LogP contribution in [0.2, 0.25) is 0 Å². The van der Waals surface area contributed by atoms with Crippen molar-refractivity contribution in [2.75, 3.05) is 33.2 Å². The van der Waals surface area contributed by atoms with Gasteiger partial charge in [-0.2, -0.15) is 4.31 Å². The quantitative estimate of drug-likeness (QED) is 0.703. The van der Waals surface area contributed by atoms with Crippen molar-refractivity contribution in [3.05, 3.63) is 54.0 Å². The van der Waals surface area contributed by atoms with Gasteiger partial charge in [0.05, 0.1) is 17.7 Å². The standard InChI is InChI=1S/C22H29N3O4S/c1-23-13-9-19(10-14-23)25(17-20-7-5-15-29-20)22(26)18-6-4-8-21(16-18)30(27,28)24-11-2-3-12-24/h4-8,15-16,19H,2-3,9-14,17H2,1H3. The molecule has 2 fully saturated rings. The molecule has 0 saturated carbocycles. The number of hydrogen-bond donors (Lipinski definition) is 0. The lowest BCUT2D eigenvalue weighted by Crippen LogP contribution is -2.46. The van der Waals surface area contributed by atoms with E-state index in [1.54, 1.807) is 24.5 Å². The van der Waals surface area contributed by atoms with Crippen LogP contribution in [0.4, 0.5) is 0 Å². The first-order chi connectivity index (χ1) is 14.4. The van der Waals surface area contributed by atoms with E-state index in [1.165, 1.54) is 10.4 Å². The highest BCUT2D eigenvalue weighted by Crippen LogP contribution is 2.25. The maximum absolute atomic E-state index is 13.5. The van der Waals surface area contributed by atoms with Gasteiger partial charge in [0.1, 0.15) is 5.76 Å². The summed E-state index contributed by atoms with van der Waals surface area (Å²) in [7, 11) is -1.48. The number of furan rings is 1. The van der Waals surface area contributed by atoms with Crippen LogP contribution in [0.5, 0.6) is 0 Å². The summed E-state index contributed by atoms with van der Waals surface area (Å²) in [5, 5.41) is 0. The minimum absolute atomic E-state index is 0.0950. The van der Waals surface area contributed by atoms with Crippen LogP contribution in [0, 0.1) is 0 Å². The van der Waals surface area contributed by atoms with Crippen molar-refractivity contribution in [1.82, 2.24) is 14.1 Å². The Hall–Kier alpha value is -2.16. The Kier molecular flexibility index (Phi) is 6.26. The molecule has 1 aromatic heterocycles. The lowest BCUT2D eigenvalue weighted by Gasteiger charge is -2.37. The van der Waals surface area contributed by atoms with Gasteiger partial charge in [-0.1, -0.05) is 6.07 Å². The number of nitrogens with zero attached hydrogens (tertiary/aromatic N) is 3. The summed E-state index contributed by atoms with van der Waals surface area (Å²) in [5.41, 5.74) is 0.403. The Morgan fingerprint density at radius 2 is 1.83 bits per heavy atom. The lowest BCUT2D eigenvalue weighted by atomic mass is 10.0. The summed E-state index contributed by atoms with van der Waals surface area (Å²) in [6.45, 7) is 3.32. The van der Waals surface area contributed by atoms with E-state index in [9.17, 15) is 13.2 Å². The average molecular weight is 432 g/mol. The molecule has 0 radical (unpaired) electrons. The zero-order valence-corrected chi connectivity index (χ0v) is 18.2. The summed E-state index contributed by atoms with van der Waals surface area (Å²) >= 11 is 0. The second-order valence-corrected chi connectivity index (χ2v) is 10.1. The third-order valence-electron chi connectivity index (χ3n) is 6.08. The van der Waals surface area contributed by atoms with E-state index in [1.807, 2.05) is 17.0 Å². The molecule has 0 spiro atoms. The molecule has 0 N–H and O–H groups in total. The Morgan fingerprint density at radius 1 is 1.10 bits per heavy atom. The number of benzene rings is 1. The number of likely N-dealkylation sites (tertiary alicyclic amines) is 1. The van der Waals surface area contributed by atoms with E-state index in [0.29, 0.717) is 25.2 Å². The van der Waals surface area contributed by atoms with Gasteiger partial charge in [-0.05, 0) is 76.2 Å². The fourth-order valence-corrected chi connectivity index (χ4v) is 5.84. The second kappa shape index (κ2) is 8.91. The topological polar surface area (TPSA) is 74.1 Å². The fourth-order valence-electron chi connectivity index (χ4n) is 4.28. The highest BCUT2D eigenvalue weighted by molar-refractivity contribution is 7.89. The smallest absolute Gasteiger partial charge is 0.254 e. The van der Waals surface area contributed by atoms with E-state index in [-0.39, 0.29) is 16.8 Å². The SMILES string of the molecule is CN1CCC(N(Cc2ccco2)C(=O)c2cccc(S(=O)(=O)N3CCCC3)c2)CC1. The Bertz CT molecular complexity index is 960. The predicted molar refractivity (Wildman–Crippen MR) is 114 cm³/mol. The molecule has 8 heteroatoms. The fraction of sp³-hybridized carbons (Fsp3) is 0.500. The van der Waals surface area contributed by atoms with Crippen LogP contribution in [0.1, 0.15) is 41.8 Å². The highest BCUT2D eigenvalue weighted by Gasteiger charge is 2.31. The molecule has 162 valence electrons. The number of hydrogen-bond acceptors (Lipinski definition) is 5. The van der Waals surface area contributed by atoms with Gasteiger partial charge < -0.3 is 14.2 Å². The van der Waals surface area contributed by atoms with Gasteiger partial charge in [-0.15, -0.1) is 0 Å². The molecule has 2 aliphatic rings. The third-order valence-corrected chi connectivity index (χ3v) is 7.97. The van der Waals surface area contributed by atoms with Gasteiger partial charge in [0.25, 0.3) is 5.91 Å². The van der Waals surface area contributed by atoms with E-state index in [0.717, 1.165) is 44.5 Å². The lowest BCUT2D eigenvalue weighted by molar-refractivity contribution is 0.0550. The summed E-state index contributed by atoms with van der Waals surface area (Å²) in [5.74, 6) is 0.572. The summed E-state index contributed by atoms with van der Waals surface area (Å²) < 4.78 is 32.9. The number of sulfonamides is 1. The molecule has 1 aromatic carbocycles. The van der Waals surface area contributed by atoms with Crippen molar-refractivity contribution in [2.45, 2.75) is 43.2 Å². The number of piperidine rings is 1. The van der Waals surface area contributed by atoms with Gasteiger partial charge in [0.15, 0.2) is 0 Å². The molecule has 2 saturated heterocycles. The van der Waals surface area contributed by atoms with Crippen LogP contribution in [0.25, 0.3) is 0 Å². The van der Waals surface area contributed by atoms with Gasteiger partial charge in [-0.3, -0.25) is 4.79 Å². The van der Waals surface area contributed by atoms with Crippen LogP contribution in [0.15, 0.2) is 52.0 Å². The van der Waals surface area contributed by atoms with Crippen molar-refractivity contribution in [1.29, 1.82) is 0 Å². The van der Waals surface area contributed by atoms with Crippen LogP contribution < -0.4 is 0 Å². The van der Waals surface area contributed by atoms with Crippen molar-refractivity contribution >= 4 is 15.9 Å². The third kappa shape index (κ3) is 4.45. The first-order valence-electron chi connectivity index (χ1n) is 10.6. The molecular formula is C22H29N3O4S. The molecule has 2 aromatic rings. The van der Waals surface area contributed by atoms with Crippen molar-refractivity contribution in [2.24, 2.45) is 0 Å². The van der Waals surface area contributed by atoms with Gasteiger partial charge in [0, 0.05) is 24.7 Å². The van der Waals surface area contributed by atoms with Crippen LogP contribution in [-0.4, -0.2) is 67.7 Å². The minimum Gasteiger partial charge on any atom is -0.467 e. The molecule has 0 unspecified atom stereocenters. The summed E-state index contributed by atoms with van der Waals surface area (Å²) in [4.78, 5) is 17.8. The molecular weight excluding hydrogens is 402 g/mol. The second-order valence-electron chi connectivity index (χ2n) is 8.19. The molecule has 7 nitrogen and oxygen atoms in total. The molecule has 4 rings (SSSR count). The number of rotatable bonds is 6. The highest BCUT2D eigenvalue weighted by atomic mass is 32.2. The molecule has 0 atom stereocenters. The zero-order valence-electron chi connectivity index (χ0n) is 17.4. The maximum atomic E-state index is 13.5. The number of amides is 1. The van der Waals surface area contributed by atoms with Gasteiger partial charge in [0.2, 0.25) is 10.0 Å². The molecule has 30 heavy (non-hydrogen) atoms. The summed E-state index contributed by atoms with van der Waals surface area (Å²) in [6.07, 6.45) is 5.13. The normalized spacial score (nSPS) is 19.2. The van der Waals surface area contributed by atoms with E-state index in [2.05, 4.69) is 11.9 Å². The van der Waals surface area contributed by atoms with Crippen LogP contribution in [0.3, 0.4) is 0 Å². The van der Waals surface area contributed by atoms with Crippen LogP contribution in [-0.2, 0) is 16.6 Å². The Balaban J connectivity index is 1.61. The Labute approximate surface area is 178 Å². The molecule has 0 bridgehead atoms. The largest absolute Gasteiger partial charge is 0.467 e. The zero-order chi connectivity index (χ0) is 21.1. The van der Waals surface area contributed by atoms with Gasteiger partial charge >= 0.3 is 0 Å². The van der Waals surface area contributed by atoms with Gasteiger partial charge in [-0.25, -0.2) is 8.42 Å². The monoisotopic (exact) mass is 431 g/mol. The first-order valence-corrected chi connectivity index (χ1v) is 12.0. The van der Waals surface area contributed by atoms with Crippen molar-refractivity contribution in [3.8, 4) is 0 Å². The van der Waals surface area contributed by atoms with Crippen molar-refractivity contribution in [3.63, 3.8) is 0 Å². The van der Waals surface area contributed by atoms with Crippen LogP contribution >= 0.6 is 0 Å². The number of carbonyl (C=O) groups is 1. The summed E-state index contributed by atoms with van der Waals surface area (Å²) in [6, 6.07) is 10.2.